The van der Waals surface area contributed by atoms with Crippen LogP contribution in [0.1, 0.15) is 18.4 Å². The first-order valence-corrected chi connectivity index (χ1v) is 9.73. The van der Waals surface area contributed by atoms with Crippen molar-refractivity contribution < 1.29 is 9.47 Å². The lowest BCUT2D eigenvalue weighted by Crippen LogP contribution is -2.51. The Labute approximate surface area is 159 Å². The van der Waals surface area contributed by atoms with Gasteiger partial charge in [-0.25, -0.2) is 0 Å². The molecule has 3 saturated heterocycles. The van der Waals surface area contributed by atoms with Crippen LogP contribution in [0.5, 0.6) is 11.5 Å². The number of hydrogen-bond donors (Lipinski definition) is 0. The van der Waals surface area contributed by atoms with Gasteiger partial charge in [-0.1, -0.05) is 17.7 Å². The Hall–Kier alpha value is -1.75. The number of fused-ring (bicyclic) bond motifs is 5. The van der Waals surface area contributed by atoms with Crippen LogP contribution in [0.25, 0.3) is 0 Å². The fourth-order valence-electron chi connectivity index (χ4n) is 4.41. The molecule has 26 heavy (non-hydrogen) atoms. The molecule has 4 aliphatic rings. The number of ether oxygens (including phenoxy) is 2. The predicted molar refractivity (Wildman–Crippen MR) is 104 cm³/mol. The van der Waals surface area contributed by atoms with Crippen molar-refractivity contribution in [1.82, 2.24) is 4.90 Å². The first kappa shape index (κ1) is 16.4. The molecule has 1 unspecified atom stereocenters. The minimum Gasteiger partial charge on any atom is -0.453 e. The molecule has 6 rings (SSSR count). The summed E-state index contributed by atoms with van der Waals surface area (Å²) in [5.74, 6) is 2.38. The van der Waals surface area contributed by atoms with E-state index in [1.165, 1.54) is 25.9 Å². The molecule has 0 aromatic heterocycles. The molecule has 4 nitrogen and oxygen atoms in total. The van der Waals surface area contributed by atoms with Gasteiger partial charge in [0.1, 0.15) is 0 Å². The van der Waals surface area contributed by atoms with Gasteiger partial charge >= 0.3 is 0 Å². The SMILES string of the molecule is CN1c2ccc(Cl)cc2Oc2cc(COC3CN4CCC3CC4)ccc21. The van der Waals surface area contributed by atoms with Crippen molar-refractivity contribution in [2.24, 2.45) is 5.92 Å². The zero-order valence-corrected chi connectivity index (χ0v) is 15.7. The van der Waals surface area contributed by atoms with Gasteiger partial charge in [-0.3, -0.25) is 0 Å². The summed E-state index contributed by atoms with van der Waals surface area (Å²) in [7, 11) is 2.05. The van der Waals surface area contributed by atoms with Crippen molar-refractivity contribution in [3.63, 3.8) is 0 Å². The third kappa shape index (κ3) is 2.86. The highest BCUT2D eigenvalue weighted by Gasteiger charge is 2.34. The Morgan fingerprint density at radius 2 is 1.81 bits per heavy atom. The van der Waals surface area contributed by atoms with E-state index in [0.717, 1.165) is 40.9 Å². The van der Waals surface area contributed by atoms with Crippen LogP contribution < -0.4 is 9.64 Å². The number of nitrogens with zero attached hydrogens (tertiary/aromatic N) is 2. The second-order valence-electron chi connectivity index (χ2n) is 7.56. The van der Waals surface area contributed by atoms with Crippen molar-refractivity contribution in [3.05, 3.63) is 47.0 Å². The first-order valence-electron chi connectivity index (χ1n) is 9.35. The first-order chi connectivity index (χ1) is 12.7. The van der Waals surface area contributed by atoms with Crippen molar-refractivity contribution in [2.75, 3.05) is 31.6 Å². The number of anilines is 2. The van der Waals surface area contributed by atoms with E-state index in [9.17, 15) is 0 Å². The van der Waals surface area contributed by atoms with Crippen LogP contribution in [0, 0.1) is 5.92 Å². The van der Waals surface area contributed by atoms with Crippen LogP contribution in [-0.4, -0.2) is 37.7 Å². The molecule has 3 fully saturated rings. The third-order valence-corrected chi connectivity index (χ3v) is 6.18. The summed E-state index contributed by atoms with van der Waals surface area (Å²) >= 11 is 6.13. The Bertz CT molecular complexity index is 833. The Balaban J connectivity index is 1.33. The average Bonchev–Trinajstić information content (AvgIpc) is 2.67. The highest BCUT2D eigenvalue weighted by Crippen LogP contribution is 2.46. The van der Waals surface area contributed by atoms with Crippen molar-refractivity contribution in [2.45, 2.75) is 25.6 Å². The molecule has 0 saturated carbocycles. The van der Waals surface area contributed by atoms with Gasteiger partial charge in [0, 0.05) is 24.7 Å². The van der Waals surface area contributed by atoms with Crippen molar-refractivity contribution in [1.29, 1.82) is 0 Å². The number of rotatable bonds is 3. The highest BCUT2D eigenvalue weighted by molar-refractivity contribution is 6.30. The van der Waals surface area contributed by atoms with E-state index in [1.54, 1.807) is 0 Å². The number of hydrogen-bond acceptors (Lipinski definition) is 4. The van der Waals surface area contributed by atoms with Gasteiger partial charge in [-0.2, -0.15) is 0 Å². The quantitative estimate of drug-likeness (QED) is 0.773. The minimum absolute atomic E-state index is 0.372. The second kappa shape index (κ2) is 6.45. The summed E-state index contributed by atoms with van der Waals surface area (Å²) in [5, 5.41) is 0.683. The van der Waals surface area contributed by atoms with E-state index >= 15 is 0 Å². The topological polar surface area (TPSA) is 24.9 Å². The summed E-state index contributed by atoms with van der Waals surface area (Å²) in [6, 6.07) is 12.1. The summed E-state index contributed by atoms with van der Waals surface area (Å²) in [4.78, 5) is 4.67. The van der Waals surface area contributed by atoms with E-state index in [0.29, 0.717) is 17.7 Å². The fraction of sp³-hybridized carbons (Fsp3) is 0.429. The third-order valence-electron chi connectivity index (χ3n) is 5.95. The molecule has 0 radical (unpaired) electrons. The summed E-state index contributed by atoms with van der Waals surface area (Å²) in [6.07, 6.45) is 2.93. The molecule has 0 spiro atoms. The number of halogens is 1. The largest absolute Gasteiger partial charge is 0.453 e. The fourth-order valence-corrected chi connectivity index (χ4v) is 4.57. The van der Waals surface area contributed by atoms with Crippen LogP contribution in [0.4, 0.5) is 11.4 Å². The van der Waals surface area contributed by atoms with Crippen LogP contribution in [0.15, 0.2) is 36.4 Å². The van der Waals surface area contributed by atoms with Gasteiger partial charge in [-0.05, 0) is 61.7 Å². The summed E-state index contributed by atoms with van der Waals surface area (Å²) in [5.41, 5.74) is 3.24. The monoisotopic (exact) mass is 370 g/mol. The van der Waals surface area contributed by atoms with Gasteiger partial charge in [0.15, 0.2) is 11.5 Å². The smallest absolute Gasteiger partial charge is 0.152 e. The van der Waals surface area contributed by atoms with Crippen molar-refractivity contribution in [3.8, 4) is 11.5 Å². The summed E-state index contributed by atoms with van der Waals surface area (Å²) < 4.78 is 12.4. The number of benzene rings is 2. The lowest BCUT2D eigenvalue weighted by Gasteiger charge is -2.44. The molecule has 4 heterocycles. The second-order valence-corrected chi connectivity index (χ2v) is 8.00. The molecule has 2 bridgehead atoms. The lowest BCUT2D eigenvalue weighted by atomic mass is 9.86. The van der Waals surface area contributed by atoms with Crippen LogP contribution in [0.3, 0.4) is 0 Å². The maximum absolute atomic E-state index is 6.28. The predicted octanol–water partition coefficient (Wildman–Crippen LogP) is 4.82. The molecule has 4 aliphatic heterocycles. The van der Waals surface area contributed by atoms with E-state index in [2.05, 4.69) is 35.0 Å². The van der Waals surface area contributed by atoms with Crippen LogP contribution in [0.2, 0.25) is 5.02 Å². The molecule has 5 heteroatoms. The Morgan fingerprint density at radius 3 is 2.54 bits per heavy atom. The van der Waals surface area contributed by atoms with Gasteiger partial charge in [0.25, 0.3) is 0 Å². The molecule has 0 amide bonds. The molecule has 0 N–H and O–H groups in total. The Morgan fingerprint density at radius 1 is 1.08 bits per heavy atom. The number of piperidine rings is 3. The highest BCUT2D eigenvalue weighted by atomic mass is 35.5. The van der Waals surface area contributed by atoms with E-state index in [1.807, 2.05) is 18.2 Å². The van der Waals surface area contributed by atoms with E-state index in [4.69, 9.17) is 21.1 Å². The molecule has 1 atom stereocenters. The lowest BCUT2D eigenvalue weighted by molar-refractivity contribution is -0.0766. The van der Waals surface area contributed by atoms with Gasteiger partial charge < -0.3 is 19.3 Å². The minimum atomic E-state index is 0.372. The molecule has 2 aromatic rings. The Kier molecular flexibility index (Phi) is 4.07. The zero-order valence-electron chi connectivity index (χ0n) is 15.0. The van der Waals surface area contributed by atoms with Crippen LogP contribution >= 0.6 is 11.6 Å². The van der Waals surface area contributed by atoms with Gasteiger partial charge in [0.2, 0.25) is 0 Å². The maximum atomic E-state index is 6.28. The maximum Gasteiger partial charge on any atom is 0.152 e. The van der Waals surface area contributed by atoms with Crippen molar-refractivity contribution >= 4 is 23.0 Å². The zero-order chi connectivity index (χ0) is 17.7. The molecular weight excluding hydrogens is 348 g/mol. The van der Waals surface area contributed by atoms with Gasteiger partial charge in [0.05, 0.1) is 24.1 Å². The van der Waals surface area contributed by atoms with E-state index < -0.39 is 0 Å². The standard InChI is InChI=1S/C21H23ClN2O2/c1-23-17-4-2-14(13-25-21-12-24-8-6-15(21)7-9-24)10-19(17)26-20-11-16(22)3-5-18(20)23/h2-5,10-11,15,21H,6-9,12-13H2,1H3. The molecular formula is C21H23ClN2O2. The summed E-state index contributed by atoms with van der Waals surface area (Å²) in [6.45, 7) is 4.20. The average molecular weight is 371 g/mol. The van der Waals surface area contributed by atoms with E-state index in [-0.39, 0.29) is 0 Å². The molecule has 136 valence electrons. The van der Waals surface area contributed by atoms with Crippen LogP contribution in [-0.2, 0) is 11.3 Å². The normalized spacial score (nSPS) is 26.2. The molecule has 2 aromatic carbocycles. The molecule has 0 aliphatic carbocycles. The van der Waals surface area contributed by atoms with Gasteiger partial charge in [-0.15, -0.1) is 0 Å².